The number of nitro benzene ring substituents is 1. The van der Waals surface area contributed by atoms with Crippen LogP contribution in [0.3, 0.4) is 0 Å². The Morgan fingerprint density at radius 1 is 1.08 bits per heavy atom. The zero-order chi connectivity index (χ0) is 18.8. The summed E-state index contributed by atoms with van der Waals surface area (Å²) in [6.45, 7) is 1.55. The van der Waals surface area contributed by atoms with Gasteiger partial charge in [0.15, 0.2) is 0 Å². The van der Waals surface area contributed by atoms with Crippen LogP contribution < -0.4 is 13.8 Å². The van der Waals surface area contributed by atoms with Gasteiger partial charge in [0.1, 0.15) is 11.5 Å². The van der Waals surface area contributed by atoms with Crippen LogP contribution in [0, 0.1) is 17.0 Å². The summed E-state index contributed by atoms with van der Waals surface area (Å²) in [5, 5.41) is 11.1. The second kappa shape index (κ2) is 6.98. The van der Waals surface area contributed by atoms with E-state index in [1.54, 1.807) is 19.1 Å². The van der Waals surface area contributed by atoms with Crippen LogP contribution in [-0.4, -0.2) is 34.6 Å². The summed E-state index contributed by atoms with van der Waals surface area (Å²) >= 11 is 0. The van der Waals surface area contributed by atoms with E-state index in [0.29, 0.717) is 17.1 Å². The first-order valence-electron chi connectivity index (χ1n) is 7.18. The fraction of sp³-hybridized carbons (Fsp3) is 0.250. The van der Waals surface area contributed by atoms with Crippen molar-refractivity contribution in [2.75, 3.05) is 25.6 Å². The second-order valence-electron chi connectivity index (χ2n) is 5.22. The average molecular weight is 366 g/mol. The molecule has 9 heteroatoms. The van der Waals surface area contributed by atoms with E-state index in [4.69, 9.17) is 9.47 Å². The normalized spacial score (nSPS) is 11.0. The third-order valence-electron chi connectivity index (χ3n) is 3.76. The first-order chi connectivity index (χ1) is 11.7. The summed E-state index contributed by atoms with van der Waals surface area (Å²) in [6, 6.07) is 8.49. The van der Waals surface area contributed by atoms with Gasteiger partial charge in [0.05, 0.1) is 29.7 Å². The Labute approximate surface area is 145 Å². The molecular weight excluding hydrogens is 348 g/mol. The molecule has 0 saturated carbocycles. The van der Waals surface area contributed by atoms with Crippen LogP contribution in [0.1, 0.15) is 5.56 Å². The number of aryl methyl sites for hydroxylation is 1. The molecule has 0 radical (unpaired) electrons. The summed E-state index contributed by atoms with van der Waals surface area (Å²) in [4.78, 5) is 10.3. The lowest BCUT2D eigenvalue weighted by Crippen LogP contribution is -2.27. The van der Waals surface area contributed by atoms with E-state index in [0.717, 1.165) is 10.4 Å². The highest BCUT2D eigenvalue weighted by atomic mass is 32.2. The highest BCUT2D eigenvalue weighted by molar-refractivity contribution is 7.92. The van der Waals surface area contributed by atoms with Crippen molar-refractivity contribution in [2.45, 2.75) is 11.8 Å². The first-order valence-corrected chi connectivity index (χ1v) is 8.62. The van der Waals surface area contributed by atoms with Crippen molar-refractivity contribution in [3.63, 3.8) is 0 Å². The minimum absolute atomic E-state index is 0.176. The highest BCUT2D eigenvalue weighted by Gasteiger charge is 2.26. The van der Waals surface area contributed by atoms with Gasteiger partial charge >= 0.3 is 0 Å². The molecule has 0 unspecified atom stereocenters. The predicted molar refractivity (Wildman–Crippen MR) is 93.0 cm³/mol. The Morgan fingerprint density at radius 3 is 2.32 bits per heavy atom. The average Bonchev–Trinajstić information content (AvgIpc) is 2.60. The lowest BCUT2D eigenvalue weighted by atomic mass is 10.2. The first kappa shape index (κ1) is 18.5. The summed E-state index contributed by atoms with van der Waals surface area (Å²) in [7, 11) is 0.242. The monoisotopic (exact) mass is 366 g/mol. The van der Waals surface area contributed by atoms with E-state index in [1.165, 1.54) is 39.5 Å². The van der Waals surface area contributed by atoms with E-state index in [9.17, 15) is 18.5 Å². The minimum Gasteiger partial charge on any atom is -0.497 e. The van der Waals surface area contributed by atoms with Crippen molar-refractivity contribution in [1.29, 1.82) is 0 Å². The fourth-order valence-corrected chi connectivity index (χ4v) is 3.51. The largest absolute Gasteiger partial charge is 0.497 e. The molecule has 0 aliphatic heterocycles. The standard InChI is InChI=1S/C16H18N2O6S/c1-11-5-7-13(10-15(11)18(19)20)25(21,22)17(2)14-8-6-12(23-3)9-16(14)24-4/h5-10H,1-4H3. The lowest BCUT2D eigenvalue weighted by molar-refractivity contribution is -0.385. The van der Waals surface area contributed by atoms with Crippen LogP contribution in [0.5, 0.6) is 11.5 Å². The number of anilines is 1. The third-order valence-corrected chi connectivity index (χ3v) is 5.53. The van der Waals surface area contributed by atoms with Crippen LogP contribution in [0.25, 0.3) is 0 Å². The molecule has 0 aliphatic rings. The molecule has 2 rings (SSSR count). The number of hydrogen-bond donors (Lipinski definition) is 0. The van der Waals surface area contributed by atoms with E-state index in [-0.39, 0.29) is 16.3 Å². The van der Waals surface area contributed by atoms with Gasteiger partial charge in [-0.05, 0) is 25.1 Å². The van der Waals surface area contributed by atoms with Crippen molar-refractivity contribution >= 4 is 21.4 Å². The van der Waals surface area contributed by atoms with Gasteiger partial charge in [-0.2, -0.15) is 0 Å². The maximum Gasteiger partial charge on any atom is 0.273 e. The molecule has 0 bridgehead atoms. The summed E-state index contributed by atoms with van der Waals surface area (Å²) < 4.78 is 37.0. The molecule has 25 heavy (non-hydrogen) atoms. The van der Waals surface area contributed by atoms with Crippen molar-refractivity contribution in [2.24, 2.45) is 0 Å². The van der Waals surface area contributed by atoms with Crippen molar-refractivity contribution in [3.8, 4) is 11.5 Å². The van der Waals surface area contributed by atoms with E-state index < -0.39 is 14.9 Å². The number of sulfonamides is 1. The van der Waals surface area contributed by atoms with Crippen molar-refractivity contribution in [3.05, 3.63) is 52.1 Å². The molecule has 2 aromatic carbocycles. The van der Waals surface area contributed by atoms with Gasteiger partial charge in [-0.3, -0.25) is 14.4 Å². The van der Waals surface area contributed by atoms with Gasteiger partial charge in [0, 0.05) is 24.7 Å². The van der Waals surface area contributed by atoms with Crippen LogP contribution >= 0.6 is 0 Å². The quantitative estimate of drug-likeness (QED) is 0.576. The Hall–Kier alpha value is -2.81. The van der Waals surface area contributed by atoms with E-state index in [2.05, 4.69) is 0 Å². The van der Waals surface area contributed by atoms with Gasteiger partial charge in [-0.15, -0.1) is 0 Å². The number of hydrogen-bond acceptors (Lipinski definition) is 6. The number of rotatable bonds is 6. The SMILES string of the molecule is COc1ccc(N(C)S(=O)(=O)c2ccc(C)c([N+](=O)[O-])c2)c(OC)c1. The number of ether oxygens (including phenoxy) is 2. The van der Waals surface area contributed by atoms with E-state index in [1.807, 2.05) is 0 Å². The van der Waals surface area contributed by atoms with Crippen LogP contribution in [0.2, 0.25) is 0 Å². The topological polar surface area (TPSA) is 99.0 Å². The summed E-state index contributed by atoms with van der Waals surface area (Å²) in [5.74, 6) is 0.810. The molecule has 0 amide bonds. The van der Waals surface area contributed by atoms with Gasteiger partial charge in [-0.1, -0.05) is 6.07 Å². The number of nitro groups is 1. The fourth-order valence-electron chi connectivity index (χ4n) is 2.28. The maximum absolute atomic E-state index is 12.9. The Balaban J connectivity index is 2.53. The Bertz CT molecular complexity index is 911. The molecule has 0 atom stereocenters. The van der Waals surface area contributed by atoms with E-state index >= 15 is 0 Å². The summed E-state index contributed by atoms with van der Waals surface area (Å²) in [6.07, 6.45) is 0. The molecule has 0 aromatic heterocycles. The minimum atomic E-state index is -4.01. The third kappa shape index (κ3) is 3.50. The summed E-state index contributed by atoms with van der Waals surface area (Å²) in [5.41, 5.74) is 0.413. The number of benzene rings is 2. The molecule has 0 heterocycles. The zero-order valence-electron chi connectivity index (χ0n) is 14.2. The van der Waals surface area contributed by atoms with Crippen molar-refractivity contribution < 1.29 is 22.8 Å². The maximum atomic E-state index is 12.9. The molecular formula is C16H18N2O6S. The molecule has 0 aliphatic carbocycles. The Morgan fingerprint density at radius 2 is 1.76 bits per heavy atom. The molecule has 8 nitrogen and oxygen atoms in total. The Kier molecular flexibility index (Phi) is 5.17. The van der Waals surface area contributed by atoms with Crippen molar-refractivity contribution in [1.82, 2.24) is 0 Å². The zero-order valence-corrected chi connectivity index (χ0v) is 15.0. The second-order valence-corrected chi connectivity index (χ2v) is 7.18. The molecule has 134 valence electrons. The highest BCUT2D eigenvalue weighted by Crippen LogP contribution is 2.35. The smallest absolute Gasteiger partial charge is 0.273 e. The number of methoxy groups -OCH3 is 2. The molecule has 2 aromatic rings. The molecule has 0 saturated heterocycles. The van der Waals surface area contributed by atoms with Gasteiger partial charge in [0.2, 0.25) is 0 Å². The molecule has 0 N–H and O–H groups in total. The number of nitrogens with zero attached hydrogens (tertiary/aromatic N) is 2. The van der Waals surface area contributed by atoms with Crippen LogP contribution in [-0.2, 0) is 10.0 Å². The van der Waals surface area contributed by atoms with Gasteiger partial charge in [-0.25, -0.2) is 8.42 Å². The van der Waals surface area contributed by atoms with Crippen LogP contribution in [0.4, 0.5) is 11.4 Å². The van der Waals surface area contributed by atoms with Gasteiger partial charge in [0.25, 0.3) is 15.7 Å². The lowest BCUT2D eigenvalue weighted by Gasteiger charge is -2.22. The molecule has 0 fully saturated rings. The molecule has 0 spiro atoms. The van der Waals surface area contributed by atoms with Gasteiger partial charge < -0.3 is 9.47 Å². The predicted octanol–water partition coefficient (Wildman–Crippen LogP) is 2.75. The van der Waals surface area contributed by atoms with Crippen LogP contribution in [0.15, 0.2) is 41.3 Å².